The summed E-state index contributed by atoms with van der Waals surface area (Å²) in [4.78, 5) is 23.4. The lowest BCUT2D eigenvalue weighted by Gasteiger charge is -2.12. The van der Waals surface area contributed by atoms with Crippen LogP contribution in [0.5, 0.6) is 0 Å². The predicted molar refractivity (Wildman–Crippen MR) is 134 cm³/mol. The Morgan fingerprint density at radius 3 is 2.66 bits per heavy atom. The number of aromatic amines is 2. The highest BCUT2D eigenvalue weighted by Gasteiger charge is 2.17. The number of nitrogens with zero attached hydrogens (tertiary/aromatic N) is 6. The van der Waals surface area contributed by atoms with Crippen LogP contribution >= 0.6 is 0 Å². The summed E-state index contributed by atoms with van der Waals surface area (Å²) >= 11 is 0. The first-order valence-electron chi connectivity index (χ1n) is 11.1. The number of H-pyrrole nitrogens is 2. The number of benzene rings is 1. The van der Waals surface area contributed by atoms with Gasteiger partial charge in [0.25, 0.3) is 0 Å². The molecule has 0 aliphatic heterocycles. The molecule has 0 aliphatic rings. The zero-order valence-electron chi connectivity index (χ0n) is 19.3. The zero-order valence-corrected chi connectivity index (χ0v) is 19.3. The Hall–Kier alpha value is -4.66. The van der Waals surface area contributed by atoms with Crippen LogP contribution in [0.25, 0.3) is 56.0 Å². The van der Waals surface area contributed by atoms with Crippen molar-refractivity contribution in [3.8, 4) is 33.9 Å². The van der Waals surface area contributed by atoms with E-state index in [9.17, 15) is 4.39 Å². The van der Waals surface area contributed by atoms with Crippen molar-refractivity contribution in [3.63, 3.8) is 0 Å². The van der Waals surface area contributed by atoms with E-state index >= 15 is 0 Å². The number of fused-ring (bicyclic) bond motifs is 2. The standard InChI is InChI=1S/C26H21FN8/c1-14-6-15(8-17(27)7-14)19-4-5-29-25-23(19)31-26(32-25)24-20-10-21(30-13-22(20)33-34-24)16-9-18(35(2)3)12-28-11-16/h4-13H,1-3H3,(H,33,34)(H,29,31,32). The van der Waals surface area contributed by atoms with Gasteiger partial charge in [-0.2, -0.15) is 5.10 Å². The molecule has 6 rings (SSSR count). The highest BCUT2D eigenvalue weighted by atomic mass is 19.1. The number of pyridine rings is 3. The first-order valence-corrected chi connectivity index (χ1v) is 11.1. The lowest BCUT2D eigenvalue weighted by molar-refractivity contribution is 0.627. The maximum Gasteiger partial charge on any atom is 0.178 e. The van der Waals surface area contributed by atoms with E-state index in [1.807, 2.05) is 56.4 Å². The molecule has 35 heavy (non-hydrogen) atoms. The fraction of sp³-hybridized carbons (Fsp3) is 0.115. The highest BCUT2D eigenvalue weighted by Crippen LogP contribution is 2.32. The zero-order chi connectivity index (χ0) is 24.1. The van der Waals surface area contributed by atoms with Crippen LogP contribution in [0.1, 0.15) is 5.56 Å². The summed E-state index contributed by atoms with van der Waals surface area (Å²) in [5.74, 6) is 0.285. The number of imidazole rings is 1. The fourth-order valence-corrected chi connectivity index (χ4v) is 4.22. The summed E-state index contributed by atoms with van der Waals surface area (Å²) < 4.78 is 14.1. The second-order valence-electron chi connectivity index (χ2n) is 8.67. The number of rotatable bonds is 4. The first kappa shape index (κ1) is 20.9. The van der Waals surface area contributed by atoms with E-state index < -0.39 is 0 Å². The molecule has 9 heteroatoms. The Labute approximate surface area is 199 Å². The molecule has 0 aliphatic carbocycles. The molecule has 0 amide bonds. The molecule has 5 aromatic heterocycles. The number of hydrogen-bond acceptors (Lipinski definition) is 6. The number of halogens is 1. The van der Waals surface area contributed by atoms with E-state index in [0.29, 0.717) is 17.2 Å². The fourth-order valence-electron chi connectivity index (χ4n) is 4.22. The van der Waals surface area contributed by atoms with Crippen LogP contribution in [-0.4, -0.2) is 49.2 Å². The highest BCUT2D eigenvalue weighted by molar-refractivity contribution is 5.96. The first-order chi connectivity index (χ1) is 17.0. The van der Waals surface area contributed by atoms with Crippen molar-refractivity contribution >= 4 is 27.8 Å². The number of anilines is 1. The normalized spacial score (nSPS) is 11.4. The number of nitrogens with one attached hydrogen (secondary N) is 2. The molecule has 0 saturated carbocycles. The van der Waals surface area contributed by atoms with Crippen molar-refractivity contribution < 1.29 is 4.39 Å². The Kier molecular flexibility index (Phi) is 4.77. The second kappa shape index (κ2) is 7.98. The molecule has 8 nitrogen and oxygen atoms in total. The average Bonchev–Trinajstić information content (AvgIpc) is 3.47. The quantitative estimate of drug-likeness (QED) is 0.375. The van der Waals surface area contributed by atoms with Crippen molar-refractivity contribution in [1.29, 1.82) is 0 Å². The van der Waals surface area contributed by atoms with Gasteiger partial charge in [-0.3, -0.25) is 15.1 Å². The third-order valence-corrected chi connectivity index (χ3v) is 5.95. The molecular weight excluding hydrogens is 443 g/mol. The van der Waals surface area contributed by atoms with Crippen LogP contribution < -0.4 is 4.90 Å². The average molecular weight is 465 g/mol. The molecule has 2 N–H and O–H groups in total. The van der Waals surface area contributed by atoms with Crippen molar-refractivity contribution in [2.45, 2.75) is 6.92 Å². The van der Waals surface area contributed by atoms with Crippen molar-refractivity contribution in [2.75, 3.05) is 19.0 Å². The molecule has 1 aromatic carbocycles. The smallest absolute Gasteiger partial charge is 0.178 e. The van der Waals surface area contributed by atoms with Gasteiger partial charge in [0.2, 0.25) is 0 Å². The summed E-state index contributed by atoms with van der Waals surface area (Å²) in [6.45, 7) is 1.87. The van der Waals surface area contributed by atoms with E-state index in [1.165, 1.54) is 12.1 Å². The van der Waals surface area contributed by atoms with E-state index in [0.717, 1.165) is 50.1 Å². The third-order valence-electron chi connectivity index (χ3n) is 5.95. The Bertz CT molecular complexity index is 1700. The summed E-state index contributed by atoms with van der Waals surface area (Å²) in [6.07, 6.45) is 7.03. The molecule has 6 aromatic rings. The molecule has 0 fully saturated rings. The number of hydrogen-bond donors (Lipinski definition) is 2. The minimum Gasteiger partial charge on any atom is -0.376 e. The maximum absolute atomic E-state index is 14.1. The van der Waals surface area contributed by atoms with Gasteiger partial charge in [-0.25, -0.2) is 14.4 Å². The van der Waals surface area contributed by atoms with Gasteiger partial charge in [0.1, 0.15) is 11.5 Å². The lowest BCUT2D eigenvalue weighted by Crippen LogP contribution is -2.08. The molecular formula is C26H21FN8. The van der Waals surface area contributed by atoms with Crippen LogP contribution in [0.2, 0.25) is 0 Å². The van der Waals surface area contributed by atoms with Gasteiger partial charge >= 0.3 is 0 Å². The molecule has 0 spiro atoms. The molecule has 172 valence electrons. The van der Waals surface area contributed by atoms with Crippen molar-refractivity contribution in [1.82, 2.24) is 35.1 Å². The Balaban J connectivity index is 1.48. The van der Waals surface area contributed by atoms with Crippen LogP contribution in [0.4, 0.5) is 10.1 Å². The molecule has 0 bridgehead atoms. The number of aryl methyl sites for hydroxylation is 1. The molecule has 0 atom stereocenters. The van der Waals surface area contributed by atoms with Gasteiger partial charge in [0, 0.05) is 43.0 Å². The second-order valence-corrected chi connectivity index (χ2v) is 8.67. The number of aromatic nitrogens is 7. The van der Waals surface area contributed by atoms with Gasteiger partial charge in [0.05, 0.1) is 34.8 Å². The van der Waals surface area contributed by atoms with Crippen LogP contribution in [-0.2, 0) is 0 Å². The Morgan fingerprint density at radius 2 is 1.83 bits per heavy atom. The maximum atomic E-state index is 14.1. The SMILES string of the molecule is Cc1cc(F)cc(-c2ccnc3nc(-c4n[nH]c5cnc(-c6cncc(N(C)C)c6)cc45)[nH]c23)c1. The lowest BCUT2D eigenvalue weighted by atomic mass is 10.0. The van der Waals surface area contributed by atoms with Gasteiger partial charge in [-0.15, -0.1) is 0 Å². The molecule has 5 heterocycles. The van der Waals surface area contributed by atoms with Gasteiger partial charge in [-0.1, -0.05) is 6.07 Å². The summed E-state index contributed by atoms with van der Waals surface area (Å²) in [6, 6.07) is 10.8. The summed E-state index contributed by atoms with van der Waals surface area (Å²) in [5.41, 5.74) is 7.79. The van der Waals surface area contributed by atoms with Gasteiger partial charge in [0.15, 0.2) is 11.5 Å². The van der Waals surface area contributed by atoms with Crippen molar-refractivity contribution in [2.24, 2.45) is 0 Å². The van der Waals surface area contributed by atoms with Crippen molar-refractivity contribution in [3.05, 3.63) is 72.6 Å². The summed E-state index contributed by atoms with van der Waals surface area (Å²) in [7, 11) is 3.95. The van der Waals surface area contributed by atoms with Gasteiger partial charge < -0.3 is 9.88 Å². The van der Waals surface area contributed by atoms with Crippen LogP contribution in [0, 0.1) is 12.7 Å². The largest absolute Gasteiger partial charge is 0.376 e. The molecule has 0 saturated heterocycles. The minimum atomic E-state index is -0.282. The van der Waals surface area contributed by atoms with E-state index in [-0.39, 0.29) is 5.82 Å². The Morgan fingerprint density at radius 1 is 0.943 bits per heavy atom. The minimum absolute atomic E-state index is 0.282. The molecule has 0 radical (unpaired) electrons. The topological polar surface area (TPSA) is 99.3 Å². The third kappa shape index (κ3) is 3.67. The predicted octanol–water partition coefficient (Wildman–Crippen LogP) is 5.14. The monoisotopic (exact) mass is 464 g/mol. The van der Waals surface area contributed by atoms with E-state index in [2.05, 4.69) is 30.1 Å². The molecule has 0 unspecified atom stereocenters. The van der Waals surface area contributed by atoms with E-state index in [1.54, 1.807) is 18.6 Å². The van der Waals surface area contributed by atoms with Crippen LogP contribution in [0.3, 0.4) is 0 Å². The van der Waals surface area contributed by atoms with Crippen LogP contribution in [0.15, 0.2) is 61.2 Å². The summed E-state index contributed by atoms with van der Waals surface area (Å²) in [5, 5.41) is 8.40. The van der Waals surface area contributed by atoms with Gasteiger partial charge in [-0.05, 0) is 48.4 Å². The van der Waals surface area contributed by atoms with E-state index in [4.69, 9.17) is 4.98 Å².